The van der Waals surface area contributed by atoms with E-state index in [4.69, 9.17) is 0 Å². The maximum atomic E-state index is 13.1. The summed E-state index contributed by atoms with van der Waals surface area (Å²) in [7, 11) is 1.91. The number of anilines is 1. The third-order valence-electron chi connectivity index (χ3n) is 5.32. The fraction of sp³-hybridized carbons (Fsp3) is 0.474. The Bertz CT molecular complexity index is 842. The van der Waals surface area contributed by atoms with Gasteiger partial charge in [0.2, 0.25) is 11.8 Å². The lowest BCUT2D eigenvalue weighted by Gasteiger charge is -2.40. The Labute approximate surface area is 152 Å². The lowest BCUT2D eigenvalue weighted by molar-refractivity contribution is -0.143. The highest BCUT2D eigenvalue weighted by Gasteiger charge is 2.48. The minimum Gasteiger partial charge on any atom is -0.336 e. The fourth-order valence-electron chi connectivity index (χ4n) is 3.78. The van der Waals surface area contributed by atoms with E-state index in [9.17, 15) is 9.59 Å². The number of nitrogens with one attached hydrogen (secondary N) is 1. The summed E-state index contributed by atoms with van der Waals surface area (Å²) in [5.74, 6) is 0.522. The van der Waals surface area contributed by atoms with Crippen LogP contribution in [-0.4, -0.2) is 37.3 Å². The smallest absolute Gasteiger partial charge is 0.230 e. The molecule has 2 aliphatic rings. The van der Waals surface area contributed by atoms with Crippen LogP contribution in [0.2, 0.25) is 0 Å². The topological polar surface area (TPSA) is 80.1 Å². The average Bonchev–Trinajstić information content (AvgIpc) is 3.37. The van der Waals surface area contributed by atoms with Crippen molar-refractivity contribution < 1.29 is 9.59 Å². The minimum atomic E-state index is -0.318. The number of hydrogen-bond donors (Lipinski definition) is 1. The molecule has 136 valence electrons. The van der Waals surface area contributed by atoms with Gasteiger partial charge in [-0.15, -0.1) is 0 Å². The molecule has 7 heteroatoms. The molecular formula is C19H23N5O2. The molecule has 1 aliphatic carbocycles. The van der Waals surface area contributed by atoms with Gasteiger partial charge in [-0.2, -0.15) is 0 Å². The monoisotopic (exact) mass is 353 g/mol. The van der Waals surface area contributed by atoms with E-state index in [-0.39, 0.29) is 29.8 Å². The molecule has 2 amide bonds. The van der Waals surface area contributed by atoms with Crippen LogP contribution in [0.1, 0.15) is 43.1 Å². The fourth-order valence-corrected chi connectivity index (χ4v) is 3.78. The zero-order valence-corrected chi connectivity index (χ0v) is 15.1. The van der Waals surface area contributed by atoms with E-state index < -0.39 is 0 Å². The van der Waals surface area contributed by atoms with E-state index in [1.807, 2.05) is 29.6 Å². The number of nitrogens with zero attached hydrogens (tertiary/aromatic N) is 4. The molecule has 7 nitrogen and oxygen atoms in total. The van der Waals surface area contributed by atoms with Gasteiger partial charge in [-0.1, -0.05) is 0 Å². The molecule has 26 heavy (non-hydrogen) atoms. The lowest BCUT2D eigenvalue weighted by Crippen LogP contribution is -2.48. The molecule has 1 saturated heterocycles. The Kier molecular flexibility index (Phi) is 4.22. The number of carbonyl (C=O) groups excluding carboxylic acids is 2. The van der Waals surface area contributed by atoms with Crippen LogP contribution in [-0.2, 0) is 16.6 Å². The second-order valence-corrected chi connectivity index (χ2v) is 7.20. The predicted octanol–water partition coefficient (Wildman–Crippen LogP) is 2.20. The zero-order chi connectivity index (χ0) is 18.3. The van der Waals surface area contributed by atoms with Crippen molar-refractivity contribution in [2.45, 2.75) is 44.7 Å². The third kappa shape index (κ3) is 2.98. The van der Waals surface area contributed by atoms with Crippen LogP contribution in [0.5, 0.6) is 0 Å². The van der Waals surface area contributed by atoms with Crippen LogP contribution in [0.25, 0.3) is 0 Å². The first-order valence-corrected chi connectivity index (χ1v) is 9.06. The molecule has 1 N–H and O–H groups in total. The summed E-state index contributed by atoms with van der Waals surface area (Å²) >= 11 is 0. The van der Waals surface area contributed by atoms with E-state index in [2.05, 4.69) is 15.3 Å². The summed E-state index contributed by atoms with van der Waals surface area (Å²) in [5, 5.41) is 3.03. The zero-order valence-electron chi connectivity index (χ0n) is 15.1. The molecule has 0 unspecified atom stereocenters. The number of piperidine rings is 1. The highest BCUT2D eigenvalue weighted by Crippen LogP contribution is 2.43. The molecule has 2 atom stereocenters. The Morgan fingerprint density at radius 1 is 1.27 bits per heavy atom. The average molecular weight is 353 g/mol. The summed E-state index contributed by atoms with van der Waals surface area (Å²) in [6, 6.07) is 1.73. The number of imidazole rings is 1. The normalized spacial score (nSPS) is 23.2. The standard InChI is InChI=1S/C19H23N5O2/c1-12-11-20-8-7-15(12)22-19(26)14-5-6-16(25)24(13-3-4-13)17(14)18-21-9-10-23(18)2/h7-11,13-14,17H,3-6H2,1-2H3,(H,20,22,26)/t14-,17-/m0/s1. The molecular weight excluding hydrogens is 330 g/mol. The molecule has 1 saturated carbocycles. The first-order valence-electron chi connectivity index (χ1n) is 9.06. The number of amides is 2. The van der Waals surface area contributed by atoms with Gasteiger partial charge in [-0.05, 0) is 37.8 Å². The molecule has 0 bridgehead atoms. The number of pyridine rings is 1. The summed E-state index contributed by atoms with van der Waals surface area (Å²) in [5.41, 5.74) is 1.68. The van der Waals surface area contributed by atoms with E-state index in [1.54, 1.807) is 24.7 Å². The number of carbonyl (C=O) groups is 2. The Hall–Kier alpha value is -2.70. The molecule has 2 aromatic heterocycles. The molecule has 0 radical (unpaired) electrons. The van der Waals surface area contributed by atoms with Crippen molar-refractivity contribution in [2.75, 3.05) is 5.32 Å². The van der Waals surface area contributed by atoms with Gasteiger partial charge < -0.3 is 14.8 Å². The predicted molar refractivity (Wildman–Crippen MR) is 96.1 cm³/mol. The van der Waals surface area contributed by atoms with Crippen molar-refractivity contribution in [3.63, 3.8) is 0 Å². The first kappa shape index (κ1) is 16.8. The van der Waals surface area contributed by atoms with Crippen molar-refractivity contribution >= 4 is 17.5 Å². The maximum absolute atomic E-state index is 13.1. The van der Waals surface area contributed by atoms with Gasteiger partial charge in [-0.25, -0.2) is 4.98 Å². The van der Waals surface area contributed by atoms with Gasteiger partial charge in [0.1, 0.15) is 11.9 Å². The van der Waals surface area contributed by atoms with E-state index in [0.717, 1.165) is 29.9 Å². The van der Waals surface area contributed by atoms with Crippen LogP contribution in [0.3, 0.4) is 0 Å². The van der Waals surface area contributed by atoms with Gasteiger partial charge in [0.15, 0.2) is 0 Å². The van der Waals surface area contributed by atoms with Crippen molar-refractivity contribution in [3.8, 4) is 0 Å². The molecule has 1 aliphatic heterocycles. The maximum Gasteiger partial charge on any atom is 0.230 e. The van der Waals surface area contributed by atoms with Crippen molar-refractivity contribution in [1.82, 2.24) is 19.4 Å². The van der Waals surface area contributed by atoms with Gasteiger partial charge in [0.25, 0.3) is 0 Å². The molecule has 2 aromatic rings. The Balaban J connectivity index is 1.66. The van der Waals surface area contributed by atoms with E-state index in [1.165, 1.54) is 0 Å². The number of aryl methyl sites for hydroxylation is 2. The van der Waals surface area contributed by atoms with Crippen molar-refractivity contribution in [3.05, 3.63) is 42.2 Å². The lowest BCUT2D eigenvalue weighted by atomic mass is 9.86. The molecule has 3 heterocycles. The highest BCUT2D eigenvalue weighted by atomic mass is 16.2. The summed E-state index contributed by atoms with van der Waals surface area (Å²) < 4.78 is 1.91. The van der Waals surface area contributed by atoms with Crippen LogP contribution in [0, 0.1) is 12.8 Å². The van der Waals surface area contributed by atoms with E-state index >= 15 is 0 Å². The largest absolute Gasteiger partial charge is 0.336 e. The van der Waals surface area contributed by atoms with Crippen LogP contribution in [0.4, 0.5) is 5.69 Å². The van der Waals surface area contributed by atoms with Crippen molar-refractivity contribution in [2.24, 2.45) is 13.0 Å². The van der Waals surface area contributed by atoms with Gasteiger partial charge in [0.05, 0.1) is 5.92 Å². The molecule has 0 aromatic carbocycles. The molecule has 0 spiro atoms. The van der Waals surface area contributed by atoms with E-state index in [0.29, 0.717) is 12.8 Å². The molecule has 4 rings (SSSR count). The second-order valence-electron chi connectivity index (χ2n) is 7.20. The first-order chi connectivity index (χ1) is 12.6. The SMILES string of the molecule is Cc1cnccc1NC(=O)[C@H]1CCC(=O)N(C2CC2)[C@@H]1c1nccn1C. The Morgan fingerprint density at radius 2 is 2.08 bits per heavy atom. The van der Waals surface area contributed by atoms with Crippen molar-refractivity contribution in [1.29, 1.82) is 0 Å². The Morgan fingerprint density at radius 3 is 2.73 bits per heavy atom. The number of aromatic nitrogens is 3. The van der Waals surface area contributed by atoms with Gasteiger partial charge in [0, 0.05) is 50.0 Å². The molecule has 2 fully saturated rings. The summed E-state index contributed by atoms with van der Waals surface area (Å²) in [6.45, 7) is 1.92. The third-order valence-corrected chi connectivity index (χ3v) is 5.32. The van der Waals surface area contributed by atoms with Gasteiger partial charge in [-0.3, -0.25) is 14.6 Å². The second kappa shape index (κ2) is 6.55. The highest BCUT2D eigenvalue weighted by molar-refractivity contribution is 5.95. The number of rotatable bonds is 4. The van der Waals surface area contributed by atoms with Crippen LogP contribution in [0.15, 0.2) is 30.9 Å². The summed E-state index contributed by atoms with van der Waals surface area (Å²) in [4.78, 5) is 36.2. The van der Waals surface area contributed by atoms with Crippen LogP contribution >= 0.6 is 0 Å². The summed E-state index contributed by atoms with van der Waals surface area (Å²) in [6.07, 6.45) is 9.94. The van der Waals surface area contributed by atoms with Gasteiger partial charge >= 0.3 is 0 Å². The van der Waals surface area contributed by atoms with Crippen LogP contribution < -0.4 is 5.32 Å². The quantitative estimate of drug-likeness (QED) is 0.914. The minimum absolute atomic E-state index is 0.0644. The number of hydrogen-bond acceptors (Lipinski definition) is 4. The number of likely N-dealkylation sites (tertiary alicyclic amines) is 1.